The topological polar surface area (TPSA) is 32.3 Å². The molecule has 4 heteroatoms. The molecule has 1 aliphatic carbocycles. The summed E-state index contributed by atoms with van der Waals surface area (Å²) in [6.45, 7) is 5.20. The molecule has 2 rings (SSSR count). The van der Waals surface area contributed by atoms with Crippen molar-refractivity contribution in [3.8, 4) is 0 Å². The highest BCUT2D eigenvalue weighted by atomic mass is 35.5. The van der Waals surface area contributed by atoms with Crippen molar-refractivity contribution in [2.45, 2.75) is 45.3 Å². The van der Waals surface area contributed by atoms with Crippen LogP contribution in [0.2, 0.25) is 5.02 Å². The Labute approximate surface area is 119 Å². The minimum absolute atomic E-state index is 0.186. The molecule has 0 saturated heterocycles. The number of hydrogen-bond donors (Lipinski definition) is 1. The summed E-state index contributed by atoms with van der Waals surface area (Å²) in [5.41, 5.74) is 1.13. The summed E-state index contributed by atoms with van der Waals surface area (Å²) in [6, 6.07) is 8.48. The van der Waals surface area contributed by atoms with Crippen LogP contribution < -0.4 is 5.32 Å². The monoisotopic (exact) mass is 280 g/mol. The van der Waals surface area contributed by atoms with E-state index in [9.17, 15) is 4.79 Å². The predicted octanol–water partition coefficient (Wildman–Crippen LogP) is 2.83. The van der Waals surface area contributed by atoms with Crippen LogP contribution in [-0.2, 0) is 11.3 Å². The van der Waals surface area contributed by atoms with Gasteiger partial charge in [-0.2, -0.15) is 0 Å². The number of carbonyl (C=O) groups is 1. The molecule has 0 unspecified atom stereocenters. The summed E-state index contributed by atoms with van der Waals surface area (Å²) in [5.74, 6) is 0.186. The molecule has 0 aliphatic heterocycles. The Bertz CT molecular complexity index is 426. The fourth-order valence-electron chi connectivity index (χ4n) is 1.99. The Hall–Kier alpha value is -1.06. The predicted molar refractivity (Wildman–Crippen MR) is 78.2 cm³/mol. The van der Waals surface area contributed by atoms with Crippen LogP contribution in [0, 0.1) is 0 Å². The zero-order valence-electron chi connectivity index (χ0n) is 11.5. The van der Waals surface area contributed by atoms with Gasteiger partial charge in [0.05, 0.1) is 6.54 Å². The van der Waals surface area contributed by atoms with Gasteiger partial charge in [0.1, 0.15) is 0 Å². The highest BCUT2D eigenvalue weighted by Gasteiger charge is 2.32. The third kappa shape index (κ3) is 4.51. The molecule has 1 aliphatic rings. The van der Waals surface area contributed by atoms with E-state index in [0.717, 1.165) is 23.4 Å². The number of carbonyl (C=O) groups excluding carboxylic acids is 1. The van der Waals surface area contributed by atoms with Crippen molar-refractivity contribution < 1.29 is 4.79 Å². The molecule has 1 N–H and O–H groups in total. The molecule has 1 amide bonds. The summed E-state index contributed by atoms with van der Waals surface area (Å²) in [5, 5.41) is 3.92. The SMILES string of the molecule is CC(C)NCC(=O)N(Cc1ccc(Cl)cc1)C1CC1. The van der Waals surface area contributed by atoms with Gasteiger partial charge in [-0.15, -0.1) is 0 Å². The molecular weight excluding hydrogens is 260 g/mol. The summed E-state index contributed by atoms with van der Waals surface area (Å²) in [7, 11) is 0. The summed E-state index contributed by atoms with van der Waals surface area (Å²) in [6.07, 6.45) is 2.25. The number of halogens is 1. The largest absolute Gasteiger partial charge is 0.334 e. The molecule has 104 valence electrons. The third-order valence-corrected chi connectivity index (χ3v) is 3.49. The first-order valence-electron chi connectivity index (χ1n) is 6.83. The van der Waals surface area contributed by atoms with Crippen LogP contribution in [-0.4, -0.2) is 29.4 Å². The number of hydrogen-bond acceptors (Lipinski definition) is 2. The lowest BCUT2D eigenvalue weighted by atomic mass is 10.2. The zero-order valence-corrected chi connectivity index (χ0v) is 12.3. The van der Waals surface area contributed by atoms with Crippen molar-refractivity contribution >= 4 is 17.5 Å². The molecule has 1 aromatic rings. The number of benzene rings is 1. The molecule has 0 heterocycles. The van der Waals surface area contributed by atoms with Gasteiger partial charge in [-0.05, 0) is 30.5 Å². The number of amides is 1. The molecule has 19 heavy (non-hydrogen) atoms. The lowest BCUT2D eigenvalue weighted by Gasteiger charge is -2.23. The third-order valence-electron chi connectivity index (χ3n) is 3.24. The average molecular weight is 281 g/mol. The molecule has 1 aromatic carbocycles. The van der Waals surface area contributed by atoms with Gasteiger partial charge in [-0.1, -0.05) is 37.6 Å². The van der Waals surface area contributed by atoms with E-state index < -0.39 is 0 Å². The van der Waals surface area contributed by atoms with Crippen LogP contribution in [0.3, 0.4) is 0 Å². The van der Waals surface area contributed by atoms with Crippen LogP contribution in [0.1, 0.15) is 32.3 Å². The minimum Gasteiger partial charge on any atom is -0.334 e. The van der Waals surface area contributed by atoms with Crippen molar-refractivity contribution in [2.24, 2.45) is 0 Å². The van der Waals surface area contributed by atoms with E-state index in [1.54, 1.807) is 0 Å². The highest BCUT2D eigenvalue weighted by Crippen LogP contribution is 2.28. The number of rotatable bonds is 6. The lowest BCUT2D eigenvalue weighted by molar-refractivity contribution is -0.131. The summed E-state index contributed by atoms with van der Waals surface area (Å²) >= 11 is 5.88. The van der Waals surface area contributed by atoms with Crippen molar-refractivity contribution in [1.29, 1.82) is 0 Å². The maximum atomic E-state index is 12.2. The molecule has 3 nitrogen and oxygen atoms in total. The van der Waals surface area contributed by atoms with Crippen LogP contribution in [0.4, 0.5) is 0 Å². The average Bonchev–Trinajstić information content (AvgIpc) is 3.19. The normalized spacial score (nSPS) is 14.7. The van der Waals surface area contributed by atoms with Gasteiger partial charge < -0.3 is 10.2 Å². The Morgan fingerprint density at radius 1 is 1.37 bits per heavy atom. The molecule has 1 fully saturated rings. The van der Waals surface area contributed by atoms with Gasteiger partial charge in [-0.25, -0.2) is 0 Å². The smallest absolute Gasteiger partial charge is 0.237 e. The Morgan fingerprint density at radius 2 is 2.00 bits per heavy atom. The quantitative estimate of drug-likeness (QED) is 0.869. The summed E-state index contributed by atoms with van der Waals surface area (Å²) in [4.78, 5) is 14.2. The Morgan fingerprint density at radius 3 is 2.53 bits per heavy atom. The highest BCUT2D eigenvalue weighted by molar-refractivity contribution is 6.30. The first-order chi connectivity index (χ1) is 9.06. The van der Waals surface area contributed by atoms with Gasteiger partial charge in [0.2, 0.25) is 5.91 Å². The summed E-state index contributed by atoms with van der Waals surface area (Å²) < 4.78 is 0. The first-order valence-corrected chi connectivity index (χ1v) is 7.21. The molecule has 0 radical (unpaired) electrons. The van der Waals surface area contributed by atoms with E-state index in [-0.39, 0.29) is 5.91 Å². The van der Waals surface area contributed by atoms with Crippen LogP contribution in [0.25, 0.3) is 0 Å². The molecule has 0 atom stereocenters. The Balaban J connectivity index is 1.96. The van der Waals surface area contributed by atoms with Crippen LogP contribution >= 0.6 is 11.6 Å². The fourth-order valence-corrected chi connectivity index (χ4v) is 2.11. The minimum atomic E-state index is 0.186. The van der Waals surface area contributed by atoms with Crippen LogP contribution in [0.5, 0.6) is 0 Å². The van der Waals surface area contributed by atoms with E-state index in [0.29, 0.717) is 25.2 Å². The van der Waals surface area contributed by atoms with E-state index in [1.807, 2.05) is 43.0 Å². The zero-order chi connectivity index (χ0) is 13.8. The van der Waals surface area contributed by atoms with Gasteiger partial charge >= 0.3 is 0 Å². The van der Waals surface area contributed by atoms with Crippen LogP contribution in [0.15, 0.2) is 24.3 Å². The molecule has 0 aromatic heterocycles. The standard InChI is InChI=1S/C15H21ClN2O/c1-11(2)17-9-15(19)18(14-7-8-14)10-12-3-5-13(16)6-4-12/h3-6,11,14,17H,7-10H2,1-2H3. The van der Waals surface area contributed by atoms with E-state index in [1.165, 1.54) is 0 Å². The first kappa shape index (κ1) is 14.4. The lowest BCUT2D eigenvalue weighted by Crippen LogP contribution is -2.41. The van der Waals surface area contributed by atoms with Crippen molar-refractivity contribution in [3.05, 3.63) is 34.9 Å². The van der Waals surface area contributed by atoms with Gasteiger partial charge in [0.25, 0.3) is 0 Å². The van der Waals surface area contributed by atoms with E-state index >= 15 is 0 Å². The second kappa shape index (κ2) is 6.40. The van der Waals surface area contributed by atoms with Gasteiger partial charge in [-0.3, -0.25) is 4.79 Å². The van der Waals surface area contributed by atoms with E-state index in [2.05, 4.69) is 5.32 Å². The van der Waals surface area contributed by atoms with Crippen molar-refractivity contribution in [2.75, 3.05) is 6.54 Å². The van der Waals surface area contributed by atoms with Crippen molar-refractivity contribution in [3.63, 3.8) is 0 Å². The second-order valence-corrected chi connectivity index (χ2v) is 5.85. The molecular formula is C15H21ClN2O. The second-order valence-electron chi connectivity index (χ2n) is 5.41. The maximum absolute atomic E-state index is 12.2. The molecule has 0 spiro atoms. The molecule has 0 bridgehead atoms. The maximum Gasteiger partial charge on any atom is 0.237 e. The van der Waals surface area contributed by atoms with Gasteiger partial charge in [0.15, 0.2) is 0 Å². The molecule has 1 saturated carbocycles. The Kier molecular flexibility index (Phi) is 4.83. The van der Waals surface area contributed by atoms with E-state index in [4.69, 9.17) is 11.6 Å². The number of nitrogens with zero attached hydrogens (tertiary/aromatic N) is 1. The fraction of sp³-hybridized carbons (Fsp3) is 0.533. The number of nitrogens with one attached hydrogen (secondary N) is 1. The van der Waals surface area contributed by atoms with Gasteiger partial charge in [0, 0.05) is 23.7 Å². The van der Waals surface area contributed by atoms with Crippen molar-refractivity contribution in [1.82, 2.24) is 10.2 Å².